The summed E-state index contributed by atoms with van der Waals surface area (Å²) in [4.78, 5) is 57.6. The lowest BCUT2D eigenvalue weighted by Gasteiger charge is -2.42. The number of aromatic nitrogens is 2. The van der Waals surface area contributed by atoms with Crippen LogP contribution in [-0.2, 0) is 24.6 Å². The summed E-state index contributed by atoms with van der Waals surface area (Å²) in [6, 6.07) is 26.8. The van der Waals surface area contributed by atoms with Crippen LogP contribution in [0.25, 0.3) is 11.3 Å². The number of amides is 4. The first-order valence-corrected chi connectivity index (χ1v) is 21.3. The molecule has 0 spiro atoms. The van der Waals surface area contributed by atoms with Crippen molar-refractivity contribution in [2.75, 3.05) is 63.0 Å². The van der Waals surface area contributed by atoms with Crippen LogP contribution in [0.1, 0.15) is 68.4 Å². The summed E-state index contributed by atoms with van der Waals surface area (Å²) >= 11 is 0. The molecule has 0 unspecified atom stereocenters. The number of nitrogens with zero attached hydrogens (tertiary/aromatic N) is 5. The van der Waals surface area contributed by atoms with Gasteiger partial charge in [-0.25, -0.2) is 0 Å². The van der Waals surface area contributed by atoms with E-state index in [1.165, 1.54) is 5.56 Å². The van der Waals surface area contributed by atoms with Gasteiger partial charge in [0.15, 0.2) is 11.9 Å². The Morgan fingerprint density at radius 1 is 0.850 bits per heavy atom. The van der Waals surface area contributed by atoms with Gasteiger partial charge in [0.2, 0.25) is 17.7 Å². The van der Waals surface area contributed by atoms with Crippen molar-refractivity contribution in [3.8, 4) is 22.8 Å². The number of carbonyl (C=O) groups excluding carboxylic acids is 4. The van der Waals surface area contributed by atoms with Crippen molar-refractivity contribution in [1.29, 1.82) is 0 Å². The third-order valence-corrected chi connectivity index (χ3v) is 13.0. The van der Waals surface area contributed by atoms with Gasteiger partial charge in [-0.2, -0.15) is 0 Å². The van der Waals surface area contributed by atoms with Crippen molar-refractivity contribution < 1.29 is 29.0 Å². The third kappa shape index (κ3) is 9.08. The van der Waals surface area contributed by atoms with Crippen molar-refractivity contribution in [2.24, 2.45) is 5.92 Å². The molecule has 1 aromatic heterocycles. The van der Waals surface area contributed by atoms with E-state index >= 15 is 0 Å². The number of nitrogens with two attached hydrogens (primary N) is 1. The van der Waals surface area contributed by atoms with Gasteiger partial charge in [0.1, 0.15) is 11.5 Å². The standard InChI is InChI=1S/C46H54N8O6/c47-43-38(28-37(50-51-43)36-8-4-5-9-39(36)55)53-26-20-46(21-27-53,34-6-2-1-3-7-34)45(59)48-29-31-16-24-54(25-17-31)42(57)30-52-22-18-33(19-23-52)32-10-12-35(13-11-32)60-40-14-15-41(56)49-44(40)58/h1-13,28,31,33,40,55H,14-27,29-30H2,(H2,47,51)(H,48,59)(H,49,56,58)/t40-/m1/s1. The van der Waals surface area contributed by atoms with Gasteiger partial charge in [-0.05, 0) is 105 Å². The minimum Gasteiger partial charge on any atom is -0.507 e. The lowest BCUT2D eigenvalue weighted by molar-refractivity contribution is -0.139. The second-order valence-corrected chi connectivity index (χ2v) is 16.7. The van der Waals surface area contributed by atoms with E-state index in [0.717, 1.165) is 50.0 Å². The van der Waals surface area contributed by atoms with Crippen LogP contribution < -0.4 is 26.0 Å². The van der Waals surface area contributed by atoms with E-state index in [0.29, 0.717) is 87.3 Å². The number of phenols is 1. The zero-order valence-electron chi connectivity index (χ0n) is 33.9. The number of aromatic hydroxyl groups is 1. The van der Waals surface area contributed by atoms with Crippen molar-refractivity contribution >= 4 is 35.1 Å². The predicted octanol–water partition coefficient (Wildman–Crippen LogP) is 4.39. The fraction of sp³-hybridized carbons (Fsp3) is 0.435. The summed E-state index contributed by atoms with van der Waals surface area (Å²) in [6.45, 7) is 5.24. The molecule has 14 nitrogen and oxygen atoms in total. The molecule has 1 atom stereocenters. The van der Waals surface area contributed by atoms with Crippen LogP contribution in [0.2, 0.25) is 0 Å². The molecule has 0 saturated carbocycles. The highest BCUT2D eigenvalue weighted by Gasteiger charge is 2.43. The lowest BCUT2D eigenvalue weighted by Crippen LogP contribution is -2.53. The normalized spacial score (nSPS) is 20.4. The Morgan fingerprint density at radius 2 is 1.55 bits per heavy atom. The van der Waals surface area contributed by atoms with Crippen LogP contribution in [0, 0.1) is 5.92 Å². The second kappa shape index (κ2) is 18.1. The number of phenolic OH excluding ortho intramolecular Hbond substituents is 1. The number of likely N-dealkylation sites (tertiary alicyclic amines) is 2. The zero-order chi connectivity index (χ0) is 41.6. The molecule has 4 aliphatic rings. The van der Waals surface area contributed by atoms with Gasteiger partial charge in [0, 0.05) is 51.1 Å². The summed E-state index contributed by atoms with van der Waals surface area (Å²) < 4.78 is 5.84. The van der Waals surface area contributed by atoms with Crippen LogP contribution >= 0.6 is 0 Å². The molecule has 5 N–H and O–H groups in total. The molecule has 0 aliphatic carbocycles. The summed E-state index contributed by atoms with van der Waals surface area (Å²) in [5.74, 6) is 1.27. The zero-order valence-corrected chi connectivity index (χ0v) is 33.9. The SMILES string of the molecule is Nc1nnc(-c2ccccc2O)cc1N1CCC(C(=O)NCC2CCN(C(=O)CN3CCC(c4ccc(O[C@@H]5CCC(=O)NC5=O)cc4)CC3)CC2)(c2ccccc2)CC1. The summed E-state index contributed by atoms with van der Waals surface area (Å²) in [6.07, 6.45) is 4.80. The Morgan fingerprint density at radius 3 is 2.25 bits per heavy atom. The Hall–Kier alpha value is -6.02. The van der Waals surface area contributed by atoms with E-state index in [1.54, 1.807) is 18.2 Å². The Balaban J connectivity index is 0.793. The number of nitrogen functional groups attached to an aromatic ring is 1. The Labute approximate surface area is 350 Å². The fourth-order valence-corrected chi connectivity index (χ4v) is 9.28. The lowest BCUT2D eigenvalue weighted by atomic mass is 9.71. The largest absolute Gasteiger partial charge is 0.507 e. The van der Waals surface area contributed by atoms with Crippen molar-refractivity contribution in [2.45, 2.75) is 68.8 Å². The average Bonchev–Trinajstić information content (AvgIpc) is 3.28. The number of imide groups is 1. The molecule has 0 bridgehead atoms. The Kier molecular flexibility index (Phi) is 12.3. The van der Waals surface area contributed by atoms with Gasteiger partial charge in [-0.1, -0.05) is 54.6 Å². The Bertz CT molecular complexity index is 2160. The topological polar surface area (TPSA) is 183 Å². The second-order valence-electron chi connectivity index (χ2n) is 16.7. The van der Waals surface area contributed by atoms with Crippen LogP contribution in [0.4, 0.5) is 11.5 Å². The number of anilines is 2. The van der Waals surface area contributed by atoms with Crippen molar-refractivity contribution in [3.63, 3.8) is 0 Å². The van der Waals surface area contributed by atoms with Crippen LogP contribution in [0.3, 0.4) is 0 Å². The number of carbonyl (C=O) groups is 4. The monoisotopic (exact) mass is 814 g/mol. The summed E-state index contributed by atoms with van der Waals surface area (Å²) in [5, 5.41) is 24.5. The summed E-state index contributed by atoms with van der Waals surface area (Å²) in [5.41, 5.74) is 9.70. The van der Waals surface area contributed by atoms with E-state index in [2.05, 4.69) is 42.8 Å². The van der Waals surface area contributed by atoms with Crippen molar-refractivity contribution in [3.05, 3.63) is 96.1 Å². The molecule has 60 heavy (non-hydrogen) atoms. The van der Waals surface area contributed by atoms with E-state index in [9.17, 15) is 24.3 Å². The summed E-state index contributed by atoms with van der Waals surface area (Å²) in [7, 11) is 0. The first-order chi connectivity index (χ1) is 29.1. The number of hydrogen-bond acceptors (Lipinski definition) is 11. The molecule has 14 heteroatoms. The maximum absolute atomic E-state index is 14.3. The number of nitrogens with one attached hydrogen (secondary N) is 2. The van der Waals surface area contributed by atoms with E-state index in [1.807, 2.05) is 59.5 Å². The molecule has 8 rings (SSSR count). The highest BCUT2D eigenvalue weighted by atomic mass is 16.5. The molecule has 3 aromatic carbocycles. The molecule has 5 heterocycles. The van der Waals surface area contributed by atoms with Gasteiger partial charge < -0.3 is 30.7 Å². The smallest absolute Gasteiger partial charge is 0.267 e. The molecular weight excluding hydrogens is 761 g/mol. The fourth-order valence-electron chi connectivity index (χ4n) is 9.28. The first kappa shape index (κ1) is 40.7. The highest BCUT2D eigenvalue weighted by Crippen LogP contribution is 2.40. The molecule has 4 saturated heterocycles. The highest BCUT2D eigenvalue weighted by molar-refractivity contribution is 6.00. The van der Waals surface area contributed by atoms with Crippen LogP contribution in [0.15, 0.2) is 84.9 Å². The number of para-hydroxylation sites is 1. The van der Waals surface area contributed by atoms with Crippen molar-refractivity contribution in [1.82, 2.24) is 30.6 Å². The molecular formula is C46H54N8O6. The number of benzene rings is 3. The van der Waals surface area contributed by atoms with Gasteiger partial charge in [0.05, 0.1) is 23.3 Å². The van der Waals surface area contributed by atoms with Gasteiger partial charge >= 0.3 is 0 Å². The van der Waals surface area contributed by atoms with E-state index in [-0.39, 0.29) is 41.7 Å². The molecule has 314 valence electrons. The van der Waals surface area contributed by atoms with Gasteiger partial charge in [0.25, 0.3) is 5.91 Å². The minimum absolute atomic E-state index is 0.0301. The van der Waals surface area contributed by atoms with E-state index < -0.39 is 11.5 Å². The minimum atomic E-state index is -0.701. The number of piperidine rings is 4. The molecule has 4 amide bonds. The van der Waals surface area contributed by atoms with Gasteiger partial charge in [-0.15, -0.1) is 10.2 Å². The molecule has 4 aliphatic heterocycles. The maximum atomic E-state index is 14.3. The number of ether oxygens (including phenoxy) is 1. The third-order valence-electron chi connectivity index (χ3n) is 13.0. The van der Waals surface area contributed by atoms with Crippen LogP contribution in [0.5, 0.6) is 11.5 Å². The van der Waals surface area contributed by atoms with Gasteiger partial charge in [-0.3, -0.25) is 29.4 Å². The molecule has 0 radical (unpaired) electrons. The first-order valence-electron chi connectivity index (χ1n) is 21.3. The maximum Gasteiger partial charge on any atom is 0.267 e. The predicted molar refractivity (Wildman–Crippen MR) is 227 cm³/mol. The number of rotatable bonds is 11. The molecule has 4 fully saturated rings. The van der Waals surface area contributed by atoms with E-state index in [4.69, 9.17) is 10.5 Å². The average molecular weight is 815 g/mol. The van der Waals surface area contributed by atoms with Crippen LogP contribution in [-0.4, -0.2) is 107 Å². The number of hydrogen-bond donors (Lipinski definition) is 4. The molecule has 4 aromatic rings. The quantitative estimate of drug-likeness (QED) is 0.158.